The molecule has 0 aliphatic rings. The molecule has 0 saturated carbocycles. The van der Waals surface area contributed by atoms with Gasteiger partial charge in [0, 0.05) is 20.3 Å². The van der Waals surface area contributed by atoms with E-state index in [0.717, 1.165) is 5.69 Å². The largest absolute Gasteiger partial charge is 0.466 e. The number of aliphatic imine (C=N–C) groups is 1. The lowest BCUT2D eigenvalue weighted by Gasteiger charge is -2.15. The molecule has 5 heteroatoms. The van der Waals surface area contributed by atoms with Gasteiger partial charge < -0.3 is 9.64 Å². The second kappa shape index (κ2) is 7.29. The number of nitrogens with zero attached hydrogens (tertiary/aromatic N) is 3. The highest BCUT2D eigenvalue weighted by Gasteiger charge is 2.11. The van der Waals surface area contributed by atoms with E-state index in [0.29, 0.717) is 17.9 Å². The highest BCUT2D eigenvalue weighted by Crippen LogP contribution is 2.28. The van der Waals surface area contributed by atoms with Crippen molar-refractivity contribution >= 4 is 23.6 Å². The number of hydrogen-bond acceptors (Lipinski definition) is 5. The molecule has 0 fully saturated rings. The van der Waals surface area contributed by atoms with Crippen molar-refractivity contribution < 1.29 is 9.53 Å². The Bertz CT molecular complexity index is 545. The molecule has 106 valence electrons. The van der Waals surface area contributed by atoms with Crippen molar-refractivity contribution in [1.82, 2.24) is 0 Å². The molecule has 0 aromatic heterocycles. The molecule has 0 saturated heterocycles. The van der Waals surface area contributed by atoms with Gasteiger partial charge in [-0.1, -0.05) is 0 Å². The predicted molar refractivity (Wildman–Crippen MR) is 79.4 cm³/mol. The monoisotopic (exact) mass is 273 g/mol. The lowest BCUT2D eigenvalue weighted by molar-refractivity contribution is -0.144. The Labute approximate surface area is 119 Å². The van der Waals surface area contributed by atoms with Crippen LogP contribution in [0.1, 0.15) is 19.4 Å². The molecule has 5 nitrogen and oxygen atoms in total. The second-order valence-electron chi connectivity index (χ2n) is 4.53. The maximum Gasteiger partial charge on any atom is 0.314 e. The molecule has 0 bridgehead atoms. The quantitative estimate of drug-likeness (QED) is 0.610. The Balaban J connectivity index is 2.97. The normalized spacial score (nSPS) is 11.9. The first kappa shape index (κ1) is 15.7. The van der Waals surface area contributed by atoms with Crippen molar-refractivity contribution in [1.29, 1.82) is 5.26 Å². The fourth-order valence-corrected chi connectivity index (χ4v) is 1.59. The van der Waals surface area contributed by atoms with E-state index in [1.54, 1.807) is 38.3 Å². The summed E-state index contributed by atoms with van der Waals surface area (Å²) in [6.07, 6.45) is 1.56. The molecule has 1 unspecified atom stereocenters. The van der Waals surface area contributed by atoms with Crippen LogP contribution in [-0.4, -0.2) is 32.9 Å². The highest BCUT2D eigenvalue weighted by atomic mass is 16.5. The van der Waals surface area contributed by atoms with Gasteiger partial charge in [-0.05, 0) is 32.0 Å². The first-order valence-electron chi connectivity index (χ1n) is 6.41. The van der Waals surface area contributed by atoms with Gasteiger partial charge >= 0.3 is 5.97 Å². The Morgan fingerprint density at radius 2 is 2.25 bits per heavy atom. The third-order valence-corrected chi connectivity index (χ3v) is 2.68. The fourth-order valence-electron chi connectivity index (χ4n) is 1.59. The topological polar surface area (TPSA) is 65.7 Å². The van der Waals surface area contributed by atoms with E-state index >= 15 is 0 Å². The molecule has 0 spiro atoms. The summed E-state index contributed by atoms with van der Waals surface area (Å²) < 4.78 is 4.92. The summed E-state index contributed by atoms with van der Waals surface area (Å²) in [5.41, 5.74) is 2.12. The molecule has 0 radical (unpaired) electrons. The van der Waals surface area contributed by atoms with Crippen LogP contribution in [0.5, 0.6) is 0 Å². The molecule has 0 heterocycles. The van der Waals surface area contributed by atoms with Gasteiger partial charge in [0.15, 0.2) is 0 Å². The second-order valence-corrected chi connectivity index (χ2v) is 4.53. The average Bonchev–Trinajstić information content (AvgIpc) is 2.44. The van der Waals surface area contributed by atoms with Crippen LogP contribution in [0.4, 0.5) is 11.4 Å². The number of ether oxygens (including phenoxy) is 1. The van der Waals surface area contributed by atoms with E-state index in [-0.39, 0.29) is 5.97 Å². The summed E-state index contributed by atoms with van der Waals surface area (Å²) in [7, 11) is 3.76. The van der Waals surface area contributed by atoms with E-state index in [4.69, 9.17) is 10.00 Å². The number of carbonyl (C=O) groups is 1. The number of rotatable bonds is 5. The number of anilines is 1. The molecular weight excluding hydrogens is 254 g/mol. The van der Waals surface area contributed by atoms with Crippen molar-refractivity contribution in [2.45, 2.75) is 13.8 Å². The van der Waals surface area contributed by atoms with Gasteiger partial charge in [-0.2, -0.15) is 5.26 Å². The summed E-state index contributed by atoms with van der Waals surface area (Å²) in [6, 6.07) is 7.33. The zero-order valence-electron chi connectivity index (χ0n) is 12.3. The van der Waals surface area contributed by atoms with Crippen LogP contribution in [-0.2, 0) is 9.53 Å². The lowest BCUT2D eigenvalue weighted by Crippen LogP contribution is -2.15. The average molecular weight is 273 g/mol. The summed E-state index contributed by atoms with van der Waals surface area (Å²) in [5, 5.41) is 8.92. The van der Waals surface area contributed by atoms with Crippen molar-refractivity contribution in [3.05, 3.63) is 23.8 Å². The lowest BCUT2D eigenvalue weighted by atomic mass is 10.1. The molecule has 1 aromatic carbocycles. The Kier molecular flexibility index (Phi) is 5.73. The minimum absolute atomic E-state index is 0.295. The van der Waals surface area contributed by atoms with Gasteiger partial charge in [0.25, 0.3) is 0 Å². The van der Waals surface area contributed by atoms with Gasteiger partial charge in [-0.15, -0.1) is 0 Å². The number of nitriles is 1. The van der Waals surface area contributed by atoms with Crippen LogP contribution in [0.15, 0.2) is 23.2 Å². The maximum atomic E-state index is 11.5. The summed E-state index contributed by atoms with van der Waals surface area (Å²) in [4.78, 5) is 17.7. The molecule has 1 atom stereocenters. The Morgan fingerprint density at radius 3 is 2.80 bits per heavy atom. The maximum absolute atomic E-state index is 11.5. The van der Waals surface area contributed by atoms with Crippen molar-refractivity contribution in [2.75, 3.05) is 25.6 Å². The predicted octanol–water partition coefficient (Wildman–Crippen LogP) is 2.53. The first-order valence-corrected chi connectivity index (χ1v) is 6.41. The first-order chi connectivity index (χ1) is 9.49. The van der Waals surface area contributed by atoms with E-state index < -0.39 is 5.92 Å². The smallest absolute Gasteiger partial charge is 0.314 e. The number of esters is 1. The zero-order chi connectivity index (χ0) is 15.1. The van der Waals surface area contributed by atoms with Gasteiger partial charge in [-0.25, -0.2) is 0 Å². The van der Waals surface area contributed by atoms with Gasteiger partial charge in [0.2, 0.25) is 0 Å². The third kappa shape index (κ3) is 4.09. The molecule has 0 amide bonds. The molecule has 0 aliphatic carbocycles. The van der Waals surface area contributed by atoms with Gasteiger partial charge in [-0.3, -0.25) is 9.79 Å². The Morgan fingerprint density at radius 1 is 1.55 bits per heavy atom. The molecule has 1 rings (SSSR count). The summed E-state index contributed by atoms with van der Waals surface area (Å²) in [6.45, 7) is 3.86. The number of hydrogen-bond donors (Lipinski definition) is 0. The number of carbonyl (C=O) groups excluding carboxylic acids is 1. The molecule has 0 aliphatic heterocycles. The molecule has 1 aromatic rings. The Hall–Kier alpha value is -2.35. The molecule has 0 N–H and O–H groups in total. The summed E-state index contributed by atoms with van der Waals surface area (Å²) in [5.74, 6) is -0.697. The van der Waals surface area contributed by atoms with E-state index in [1.807, 2.05) is 19.0 Å². The fraction of sp³-hybridized carbons (Fsp3) is 0.400. The standard InChI is InChI=1S/C15H19N3O2/c1-5-20-15(19)11(2)10-17-13-7-6-12(9-16)8-14(13)18(3)4/h6-8,10-11H,5H2,1-4H3. The zero-order valence-corrected chi connectivity index (χ0v) is 12.3. The minimum atomic E-state index is -0.402. The van der Waals surface area contributed by atoms with Crippen molar-refractivity contribution in [2.24, 2.45) is 10.9 Å². The van der Waals surface area contributed by atoms with Crippen LogP contribution in [0.25, 0.3) is 0 Å². The number of benzene rings is 1. The van der Waals surface area contributed by atoms with E-state index in [1.165, 1.54) is 0 Å². The van der Waals surface area contributed by atoms with Crippen LogP contribution in [0.3, 0.4) is 0 Å². The third-order valence-electron chi connectivity index (χ3n) is 2.68. The van der Waals surface area contributed by atoms with Crippen LogP contribution in [0, 0.1) is 17.2 Å². The van der Waals surface area contributed by atoms with Crippen molar-refractivity contribution in [3.8, 4) is 6.07 Å². The van der Waals surface area contributed by atoms with Crippen molar-refractivity contribution in [3.63, 3.8) is 0 Å². The van der Waals surface area contributed by atoms with E-state index in [9.17, 15) is 4.79 Å². The SMILES string of the molecule is CCOC(=O)C(C)C=Nc1ccc(C#N)cc1N(C)C. The minimum Gasteiger partial charge on any atom is -0.466 e. The van der Waals surface area contributed by atoms with E-state index in [2.05, 4.69) is 11.1 Å². The van der Waals surface area contributed by atoms with Crippen LogP contribution < -0.4 is 4.90 Å². The summed E-state index contributed by atoms with van der Waals surface area (Å²) >= 11 is 0. The van der Waals surface area contributed by atoms with Gasteiger partial charge in [0.05, 0.1) is 35.5 Å². The van der Waals surface area contributed by atoms with Gasteiger partial charge in [0.1, 0.15) is 0 Å². The molecular formula is C15H19N3O2. The van der Waals surface area contributed by atoms with Crippen LogP contribution >= 0.6 is 0 Å². The van der Waals surface area contributed by atoms with Crippen LogP contribution in [0.2, 0.25) is 0 Å². The highest BCUT2D eigenvalue weighted by molar-refractivity contribution is 5.91. The molecule has 20 heavy (non-hydrogen) atoms.